The van der Waals surface area contributed by atoms with Gasteiger partial charge < -0.3 is 9.84 Å². The number of halogens is 2. The molecular formula is C13H16BrFO2. The lowest BCUT2D eigenvalue weighted by Crippen LogP contribution is -2.32. The Morgan fingerprint density at radius 2 is 2.18 bits per heavy atom. The lowest BCUT2D eigenvalue weighted by Gasteiger charge is -2.26. The Morgan fingerprint density at radius 1 is 1.35 bits per heavy atom. The summed E-state index contributed by atoms with van der Waals surface area (Å²) in [6.07, 6.45) is 2.43. The molecule has 1 heterocycles. The molecule has 17 heavy (non-hydrogen) atoms. The molecule has 1 saturated heterocycles. The van der Waals surface area contributed by atoms with Crippen LogP contribution in [-0.2, 0) is 11.2 Å². The molecule has 0 radical (unpaired) electrons. The Morgan fingerprint density at radius 3 is 2.94 bits per heavy atom. The van der Waals surface area contributed by atoms with Crippen LogP contribution in [0, 0.1) is 5.82 Å². The maximum absolute atomic E-state index is 13.7. The Hall–Kier alpha value is -0.450. The van der Waals surface area contributed by atoms with Crippen molar-refractivity contribution in [3.05, 3.63) is 34.1 Å². The van der Waals surface area contributed by atoms with E-state index in [0.29, 0.717) is 38.0 Å². The summed E-state index contributed by atoms with van der Waals surface area (Å²) < 4.78 is 19.7. The third-order valence-corrected chi connectivity index (χ3v) is 3.67. The van der Waals surface area contributed by atoms with E-state index >= 15 is 0 Å². The van der Waals surface area contributed by atoms with Gasteiger partial charge in [-0.2, -0.15) is 0 Å². The minimum atomic E-state index is -0.828. The number of hydrogen-bond donors (Lipinski definition) is 1. The average Bonchev–Trinajstić information content (AvgIpc) is 2.48. The quantitative estimate of drug-likeness (QED) is 0.910. The van der Waals surface area contributed by atoms with Crippen LogP contribution in [0.15, 0.2) is 22.7 Å². The second kappa shape index (κ2) is 5.46. The van der Waals surface area contributed by atoms with E-state index in [4.69, 9.17) is 4.74 Å². The van der Waals surface area contributed by atoms with Gasteiger partial charge in [-0.1, -0.05) is 22.0 Å². The molecule has 4 heteroatoms. The zero-order chi connectivity index (χ0) is 12.3. The molecule has 1 fully saturated rings. The predicted molar refractivity (Wildman–Crippen MR) is 67.4 cm³/mol. The topological polar surface area (TPSA) is 29.5 Å². The molecule has 0 saturated carbocycles. The highest BCUT2D eigenvalue weighted by atomic mass is 79.9. The Kier molecular flexibility index (Phi) is 4.17. The van der Waals surface area contributed by atoms with E-state index in [-0.39, 0.29) is 5.82 Å². The van der Waals surface area contributed by atoms with Crippen LogP contribution in [0.3, 0.4) is 0 Å². The van der Waals surface area contributed by atoms with E-state index in [9.17, 15) is 9.50 Å². The summed E-state index contributed by atoms with van der Waals surface area (Å²) in [4.78, 5) is 0. The Bertz CT molecular complexity index is 387. The third-order valence-electron chi connectivity index (χ3n) is 3.18. The summed E-state index contributed by atoms with van der Waals surface area (Å²) in [6.45, 7) is 1.24. The smallest absolute Gasteiger partial charge is 0.127 e. The van der Waals surface area contributed by atoms with Gasteiger partial charge in [0.2, 0.25) is 0 Å². The predicted octanol–water partition coefficient (Wildman–Crippen LogP) is 3.06. The van der Waals surface area contributed by atoms with Gasteiger partial charge >= 0.3 is 0 Å². The van der Waals surface area contributed by atoms with Gasteiger partial charge in [0.15, 0.2) is 0 Å². The molecule has 2 nitrogen and oxygen atoms in total. The molecule has 1 unspecified atom stereocenters. The van der Waals surface area contributed by atoms with Gasteiger partial charge in [-0.3, -0.25) is 0 Å². The van der Waals surface area contributed by atoms with Crippen molar-refractivity contribution < 1.29 is 14.2 Å². The average molecular weight is 303 g/mol. The van der Waals surface area contributed by atoms with Crippen LogP contribution in [0.5, 0.6) is 0 Å². The summed E-state index contributed by atoms with van der Waals surface area (Å²) in [5.41, 5.74) is -0.261. The molecule has 1 aliphatic rings. The van der Waals surface area contributed by atoms with Gasteiger partial charge in [-0.15, -0.1) is 0 Å². The van der Waals surface area contributed by atoms with Crippen LogP contribution in [-0.4, -0.2) is 23.9 Å². The fraction of sp³-hybridized carbons (Fsp3) is 0.538. The maximum atomic E-state index is 13.7. The van der Waals surface area contributed by atoms with E-state index < -0.39 is 5.60 Å². The van der Waals surface area contributed by atoms with Crippen molar-refractivity contribution in [2.45, 2.75) is 31.3 Å². The number of benzene rings is 1. The van der Waals surface area contributed by atoms with Crippen molar-refractivity contribution in [2.24, 2.45) is 0 Å². The summed E-state index contributed by atoms with van der Waals surface area (Å²) in [6, 6.07) is 4.96. The summed E-state index contributed by atoms with van der Waals surface area (Å²) >= 11 is 3.22. The first-order valence-electron chi connectivity index (χ1n) is 5.83. The van der Waals surface area contributed by atoms with Crippen molar-refractivity contribution in [1.29, 1.82) is 0 Å². The fourth-order valence-corrected chi connectivity index (χ4v) is 2.52. The normalized spacial score (nSPS) is 25.6. The second-order valence-corrected chi connectivity index (χ2v) is 5.52. The van der Waals surface area contributed by atoms with Gasteiger partial charge in [-0.05, 0) is 37.0 Å². The van der Waals surface area contributed by atoms with E-state index in [0.717, 1.165) is 10.9 Å². The van der Waals surface area contributed by atoms with Gasteiger partial charge in [-0.25, -0.2) is 4.39 Å². The van der Waals surface area contributed by atoms with Crippen LogP contribution in [0.25, 0.3) is 0 Å². The van der Waals surface area contributed by atoms with Crippen molar-refractivity contribution in [3.8, 4) is 0 Å². The Labute approximate surface area is 109 Å². The number of hydrogen-bond acceptors (Lipinski definition) is 2. The Balaban J connectivity index is 2.12. The molecule has 0 spiro atoms. The van der Waals surface area contributed by atoms with Crippen molar-refractivity contribution in [3.63, 3.8) is 0 Å². The lowest BCUT2D eigenvalue weighted by molar-refractivity contribution is 0.0181. The fourth-order valence-electron chi connectivity index (χ4n) is 2.19. The minimum Gasteiger partial charge on any atom is -0.389 e. The molecule has 1 atom stereocenters. The van der Waals surface area contributed by atoms with Crippen LogP contribution < -0.4 is 0 Å². The van der Waals surface area contributed by atoms with Crippen LogP contribution in [0.4, 0.5) is 4.39 Å². The van der Waals surface area contributed by atoms with E-state index in [1.807, 2.05) is 0 Å². The molecule has 1 aromatic rings. The molecule has 0 bridgehead atoms. The van der Waals surface area contributed by atoms with Crippen molar-refractivity contribution >= 4 is 15.9 Å². The maximum Gasteiger partial charge on any atom is 0.127 e. The first kappa shape index (κ1) is 13.0. The molecule has 0 aliphatic carbocycles. The minimum absolute atomic E-state index is 0.266. The molecule has 1 aliphatic heterocycles. The summed E-state index contributed by atoms with van der Waals surface area (Å²) in [5.74, 6) is -0.266. The van der Waals surface area contributed by atoms with E-state index in [1.165, 1.54) is 6.07 Å². The van der Waals surface area contributed by atoms with E-state index in [2.05, 4.69) is 15.9 Å². The summed E-state index contributed by atoms with van der Waals surface area (Å²) in [5, 5.41) is 10.4. The molecule has 1 N–H and O–H groups in total. The number of rotatable bonds is 2. The molecule has 0 amide bonds. The number of ether oxygens (including phenoxy) is 1. The van der Waals surface area contributed by atoms with Crippen LogP contribution in [0.1, 0.15) is 24.8 Å². The first-order valence-corrected chi connectivity index (χ1v) is 6.62. The first-order chi connectivity index (χ1) is 8.09. The largest absolute Gasteiger partial charge is 0.389 e. The van der Waals surface area contributed by atoms with Crippen LogP contribution >= 0.6 is 15.9 Å². The van der Waals surface area contributed by atoms with Crippen molar-refractivity contribution in [2.75, 3.05) is 13.2 Å². The third kappa shape index (κ3) is 3.50. The van der Waals surface area contributed by atoms with Gasteiger partial charge in [0.1, 0.15) is 5.82 Å². The zero-order valence-electron chi connectivity index (χ0n) is 9.59. The molecular weight excluding hydrogens is 287 g/mol. The second-order valence-electron chi connectivity index (χ2n) is 4.60. The highest BCUT2D eigenvalue weighted by Crippen LogP contribution is 2.27. The molecule has 2 rings (SSSR count). The van der Waals surface area contributed by atoms with E-state index in [1.54, 1.807) is 12.1 Å². The molecule has 0 aromatic heterocycles. The molecule has 94 valence electrons. The van der Waals surface area contributed by atoms with Gasteiger partial charge in [0.25, 0.3) is 0 Å². The van der Waals surface area contributed by atoms with Gasteiger partial charge in [0.05, 0.1) is 5.60 Å². The number of aliphatic hydroxyl groups is 1. The van der Waals surface area contributed by atoms with Crippen LogP contribution in [0.2, 0.25) is 0 Å². The SMILES string of the molecule is OC1(Cc2ccc(Br)cc2F)CCCOCC1. The zero-order valence-corrected chi connectivity index (χ0v) is 11.2. The standard InChI is InChI=1S/C13H16BrFO2/c14-11-3-2-10(12(15)8-11)9-13(16)4-1-6-17-7-5-13/h2-3,8,16H,1,4-7,9H2. The van der Waals surface area contributed by atoms with Gasteiger partial charge in [0, 0.05) is 24.1 Å². The summed E-state index contributed by atoms with van der Waals surface area (Å²) in [7, 11) is 0. The monoisotopic (exact) mass is 302 g/mol. The highest BCUT2D eigenvalue weighted by Gasteiger charge is 2.29. The van der Waals surface area contributed by atoms with Crippen molar-refractivity contribution in [1.82, 2.24) is 0 Å². The molecule has 1 aromatic carbocycles. The lowest BCUT2D eigenvalue weighted by atomic mass is 9.87. The highest BCUT2D eigenvalue weighted by molar-refractivity contribution is 9.10.